The van der Waals surface area contributed by atoms with Gasteiger partial charge < -0.3 is 9.30 Å². The molecule has 0 aliphatic heterocycles. The molecule has 0 saturated carbocycles. The van der Waals surface area contributed by atoms with Gasteiger partial charge in [0.2, 0.25) is 0 Å². The molecule has 0 aliphatic rings. The lowest BCUT2D eigenvalue weighted by atomic mass is 10.4. The lowest BCUT2D eigenvalue weighted by molar-refractivity contribution is 0.185. The lowest BCUT2D eigenvalue weighted by Gasteiger charge is -2.12. The molecule has 1 heterocycles. The number of aromatic nitrogens is 3. The number of sulfone groups is 1. The smallest absolute Gasteiger partial charge is 0.157 e. The number of hydrogen-bond donors (Lipinski definition) is 0. The molecule has 0 aliphatic carbocycles. The van der Waals surface area contributed by atoms with Gasteiger partial charge in [0.1, 0.15) is 11.1 Å². The van der Waals surface area contributed by atoms with Crippen molar-refractivity contribution in [2.45, 2.75) is 24.0 Å². The summed E-state index contributed by atoms with van der Waals surface area (Å²) in [6.07, 6.45) is 1.20. The standard InChI is InChI=1S/C9H16BrN3O3S/c1-7(17(3,14)15)9-12-11-8(6-10)13(9)4-5-16-2/h7H,4-6H2,1-3H3. The molecule has 0 spiro atoms. The fraction of sp³-hybridized carbons (Fsp3) is 0.778. The van der Waals surface area contributed by atoms with Gasteiger partial charge >= 0.3 is 0 Å². The summed E-state index contributed by atoms with van der Waals surface area (Å²) in [5, 5.41) is 7.78. The Morgan fingerprint density at radius 1 is 1.47 bits per heavy atom. The summed E-state index contributed by atoms with van der Waals surface area (Å²) in [7, 11) is -1.58. The van der Waals surface area contributed by atoms with Gasteiger partial charge in [-0.05, 0) is 6.92 Å². The number of alkyl halides is 1. The topological polar surface area (TPSA) is 74.1 Å². The third kappa shape index (κ3) is 3.49. The maximum absolute atomic E-state index is 11.5. The van der Waals surface area contributed by atoms with Crippen LogP contribution in [0.1, 0.15) is 23.8 Å². The van der Waals surface area contributed by atoms with Crippen molar-refractivity contribution in [1.29, 1.82) is 0 Å². The molecule has 0 aromatic carbocycles. The molecule has 8 heteroatoms. The second kappa shape index (κ2) is 5.92. The minimum atomic E-state index is -3.18. The highest BCUT2D eigenvalue weighted by Crippen LogP contribution is 2.20. The van der Waals surface area contributed by atoms with Gasteiger partial charge in [-0.15, -0.1) is 10.2 Å². The average Bonchev–Trinajstić information content (AvgIpc) is 2.66. The molecule has 1 unspecified atom stereocenters. The van der Waals surface area contributed by atoms with Crippen LogP contribution in [0.3, 0.4) is 0 Å². The zero-order valence-corrected chi connectivity index (χ0v) is 12.5. The Hall–Kier alpha value is -0.470. The highest BCUT2D eigenvalue weighted by Gasteiger charge is 2.24. The van der Waals surface area contributed by atoms with Crippen LogP contribution in [0, 0.1) is 0 Å². The third-order valence-electron chi connectivity index (χ3n) is 2.50. The van der Waals surface area contributed by atoms with Crippen molar-refractivity contribution >= 4 is 25.8 Å². The Bertz CT molecular complexity index is 472. The van der Waals surface area contributed by atoms with E-state index in [0.29, 0.717) is 30.1 Å². The van der Waals surface area contributed by atoms with Gasteiger partial charge in [-0.1, -0.05) is 15.9 Å². The highest BCUT2D eigenvalue weighted by atomic mass is 79.9. The molecule has 0 amide bonds. The predicted molar refractivity (Wildman–Crippen MR) is 67.8 cm³/mol. The van der Waals surface area contributed by atoms with Crippen molar-refractivity contribution in [3.63, 3.8) is 0 Å². The number of rotatable bonds is 6. The first kappa shape index (κ1) is 14.6. The van der Waals surface area contributed by atoms with Gasteiger partial charge in [0.25, 0.3) is 0 Å². The molecule has 1 aromatic rings. The molecule has 0 bridgehead atoms. The first-order valence-electron chi connectivity index (χ1n) is 5.07. The SMILES string of the molecule is COCCn1c(CBr)nnc1C(C)S(C)(=O)=O. The van der Waals surface area contributed by atoms with E-state index in [4.69, 9.17) is 4.74 Å². The summed E-state index contributed by atoms with van der Waals surface area (Å²) in [5.41, 5.74) is 0. The van der Waals surface area contributed by atoms with Gasteiger partial charge in [0.05, 0.1) is 11.9 Å². The molecule has 1 atom stereocenters. The molecular weight excluding hydrogens is 310 g/mol. The average molecular weight is 326 g/mol. The van der Waals surface area contributed by atoms with Crippen LogP contribution in [0.5, 0.6) is 0 Å². The molecule has 17 heavy (non-hydrogen) atoms. The van der Waals surface area contributed by atoms with Gasteiger partial charge in [0.15, 0.2) is 15.7 Å². The number of nitrogens with zero attached hydrogens (tertiary/aromatic N) is 3. The van der Waals surface area contributed by atoms with Crippen molar-refractivity contribution in [3.8, 4) is 0 Å². The third-order valence-corrected chi connectivity index (χ3v) is 4.50. The normalized spacial score (nSPS) is 13.9. The van der Waals surface area contributed by atoms with Gasteiger partial charge in [-0.2, -0.15) is 0 Å². The first-order valence-corrected chi connectivity index (χ1v) is 8.15. The second-order valence-corrected chi connectivity index (χ2v) is 6.65. The van der Waals surface area contributed by atoms with Gasteiger partial charge in [-0.25, -0.2) is 8.42 Å². The zero-order chi connectivity index (χ0) is 13.1. The molecule has 6 nitrogen and oxygen atoms in total. The van der Waals surface area contributed by atoms with Crippen molar-refractivity contribution in [3.05, 3.63) is 11.6 Å². The van der Waals surface area contributed by atoms with E-state index in [-0.39, 0.29) is 0 Å². The Morgan fingerprint density at radius 3 is 2.59 bits per heavy atom. The van der Waals surface area contributed by atoms with E-state index < -0.39 is 15.1 Å². The fourth-order valence-corrected chi connectivity index (χ4v) is 2.34. The Labute approximate surface area is 109 Å². The Balaban J connectivity index is 3.11. The van der Waals surface area contributed by atoms with E-state index in [1.807, 2.05) is 0 Å². The van der Waals surface area contributed by atoms with E-state index in [2.05, 4.69) is 26.1 Å². The van der Waals surface area contributed by atoms with Crippen LogP contribution >= 0.6 is 15.9 Å². The predicted octanol–water partition coefficient (Wildman–Crippen LogP) is 0.925. The molecule has 0 fully saturated rings. The number of ether oxygens (including phenoxy) is 1. The van der Waals surface area contributed by atoms with Crippen molar-refractivity contribution < 1.29 is 13.2 Å². The number of halogens is 1. The Morgan fingerprint density at radius 2 is 2.12 bits per heavy atom. The van der Waals surface area contributed by atoms with Crippen LogP contribution in [-0.2, 0) is 26.4 Å². The molecule has 1 aromatic heterocycles. The monoisotopic (exact) mass is 325 g/mol. The summed E-state index contributed by atoms with van der Waals surface area (Å²) in [5.74, 6) is 1.16. The van der Waals surface area contributed by atoms with E-state index in [1.54, 1.807) is 18.6 Å². The van der Waals surface area contributed by atoms with Crippen LogP contribution in [0.15, 0.2) is 0 Å². The van der Waals surface area contributed by atoms with Crippen molar-refractivity contribution in [2.24, 2.45) is 0 Å². The van der Waals surface area contributed by atoms with Crippen molar-refractivity contribution in [1.82, 2.24) is 14.8 Å². The van der Waals surface area contributed by atoms with Crippen molar-refractivity contribution in [2.75, 3.05) is 20.0 Å². The van der Waals surface area contributed by atoms with Gasteiger partial charge in [0, 0.05) is 19.9 Å². The van der Waals surface area contributed by atoms with Crippen LogP contribution in [-0.4, -0.2) is 43.2 Å². The molecule has 0 radical (unpaired) electrons. The Kier molecular flexibility index (Phi) is 5.08. The largest absolute Gasteiger partial charge is 0.383 e. The van der Waals surface area contributed by atoms with Crippen LogP contribution in [0.25, 0.3) is 0 Å². The highest BCUT2D eigenvalue weighted by molar-refractivity contribution is 9.08. The second-order valence-electron chi connectivity index (χ2n) is 3.72. The summed E-state index contributed by atoms with van der Waals surface area (Å²) in [6, 6.07) is 0. The maximum atomic E-state index is 11.5. The molecule has 0 saturated heterocycles. The molecule has 98 valence electrons. The fourth-order valence-electron chi connectivity index (χ4n) is 1.37. The minimum absolute atomic E-state index is 0.457. The maximum Gasteiger partial charge on any atom is 0.157 e. The summed E-state index contributed by atoms with van der Waals surface area (Å²) >= 11 is 3.30. The quantitative estimate of drug-likeness (QED) is 0.727. The van der Waals surface area contributed by atoms with Crippen LogP contribution < -0.4 is 0 Å². The minimum Gasteiger partial charge on any atom is -0.383 e. The molecule has 0 N–H and O–H groups in total. The van der Waals surface area contributed by atoms with E-state index in [9.17, 15) is 8.42 Å². The molecular formula is C9H16BrN3O3S. The van der Waals surface area contributed by atoms with Crippen LogP contribution in [0.4, 0.5) is 0 Å². The molecule has 1 rings (SSSR count). The van der Waals surface area contributed by atoms with E-state index >= 15 is 0 Å². The lowest BCUT2D eigenvalue weighted by Crippen LogP contribution is -2.17. The number of hydrogen-bond acceptors (Lipinski definition) is 5. The summed E-state index contributed by atoms with van der Waals surface area (Å²) in [4.78, 5) is 0. The van der Waals surface area contributed by atoms with Crippen LogP contribution in [0.2, 0.25) is 0 Å². The summed E-state index contributed by atoms with van der Waals surface area (Å²) < 4.78 is 29.8. The summed E-state index contributed by atoms with van der Waals surface area (Å²) in [6.45, 7) is 2.64. The first-order chi connectivity index (χ1) is 7.91. The van der Waals surface area contributed by atoms with Gasteiger partial charge in [-0.3, -0.25) is 0 Å². The van der Waals surface area contributed by atoms with E-state index in [0.717, 1.165) is 0 Å². The number of methoxy groups -OCH3 is 1. The van der Waals surface area contributed by atoms with E-state index in [1.165, 1.54) is 6.26 Å². The zero-order valence-electron chi connectivity index (χ0n) is 10.1.